The smallest absolute Gasteiger partial charge is 0.223 e. The molecule has 4 atom stereocenters. The largest absolute Gasteiger partial charge is 0.349 e. The lowest BCUT2D eigenvalue weighted by atomic mass is 9.63. The van der Waals surface area contributed by atoms with Gasteiger partial charge in [0.2, 0.25) is 5.91 Å². The number of rotatable bonds is 4. The highest BCUT2D eigenvalue weighted by Crippen LogP contribution is 2.49. The van der Waals surface area contributed by atoms with E-state index < -0.39 is 0 Å². The Morgan fingerprint density at radius 2 is 1.86 bits per heavy atom. The summed E-state index contributed by atoms with van der Waals surface area (Å²) in [7, 11) is 0. The first-order valence-electron chi connectivity index (χ1n) is 12.0. The van der Waals surface area contributed by atoms with Gasteiger partial charge in [0.15, 0.2) is 0 Å². The van der Waals surface area contributed by atoms with Gasteiger partial charge < -0.3 is 10.2 Å². The van der Waals surface area contributed by atoms with E-state index in [0.29, 0.717) is 11.3 Å². The van der Waals surface area contributed by atoms with Gasteiger partial charge in [0.05, 0.1) is 6.04 Å². The fourth-order valence-electron chi connectivity index (χ4n) is 6.90. The van der Waals surface area contributed by atoms with Gasteiger partial charge in [-0.25, -0.2) is 0 Å². The number of carbonyl (C=O) groups excluding carboxylic acids is 1. The van der Waals surface area contributed by atoms with E-state index in [9.17, 15) is 4.79 Å². The van der Waals surface area contributed by atoms with E-state index in [0.717, 1.165) is 37.0 Å². The number of piperidine rings is 1. The summed E-state index contributed by atoms with van der Waals surface area (Å²) in [5.41, 5.74) is 3.27. The van der Waals surface area contributed by atoms with E-state index in [1.165, 1.54) is 62.9 Å². The first kappa shape index (κ1) is 18.2. The van der Waals surface area contributed by atoms with Crippen LogP contribution < -0.4 is 5.32 Å². The summed E-state index contributed by atoms with van der Waals surface area (Å²) in [5, 5.41) is 3.38. The number of hydrogen-bond donors (Lipinski definition) is 1. The Kier molecular flexibility index (Phi) is 4.37. The van der Waals surface area contributed by atoms with Gasteiger partial charge in [0, 0.05) is 12.5 Å². The molecular formula is C26H34N2O. The molecule has 154 valence electrons. The average molecular weight is 391 g/mol. The van der Waals surface area contributed by atoms with Crippen molar-refractivity contribution in [3.05, 3.63) is 47.5 Å². The molecule has 0 radical (unpaired) electrons. The standard InChI is InChI=1S/C26H34N2O/c29-25(19-7-8-19)27-24-9-10-26(23-4-2-1-3-22(23)24)11-13-28(14-12-26)17-21-16-18-5-6-20(21)15-18/h1-6,18-21,24H,7-17H2,(H,27,29)/t18?,20?,21?,24-/m0/s1. The highest BCUT2D eigenvalue weighted by atomic mass is 16.2. The molecule has 3 fully saturated rings. The molecule has 1 aromatic carbocycles. The van der Waals surface area contributed by atoms with Crippen LogP contribution in [0, 0.1) is 23.7 Å². The number of benzene rings is 1. The van der Waals surface area contributed by atoms with Crippen LogP contribution in [0.3, 0.4) is 0 Å². The summed E-state index contributed by atoms with van der Waals surface area (Å²) in [4.78, 5) is 15.1. The fourth-order valence-corrected chi connectivity index (χ4v) is 6.90. The summed E-state index contributed by atoms with van der Waals surface area (Å²) in [6, 6.07) is 9.23. The third-order valence-corrected chi connectivity index (χ3v) is 8.81. The summed E-state index contributed by atoms with van der Waals surface area (Å²) < 4.78 is 0. The van der Waals surface area contributed by atoms with Gasteiger partial charge in [-0.3, -0.25) is 4.79 Å². The summed E-state index contributed by atoms with van der Waals surface area (Å²) in [6.07, 6.45) is 14.9. The molecule has 1 N–H and O–H groups in total. The average Bonchev–Trinajstić information content (AvgIpc) is 3.41. The van der Waals surface area contributed by atoms with Crippen LogP contribution in [0.4, 0.5) is 0 Å². The van der Waals surface area contributed by atoms with E-state index in [2.05, 4.69) is 46.6 Å². The number of carbonyl (C=O) groups is 1. The van der Waals surface area contributed by atoms with Crippen LogP contribution in [0.25, 0.3) is 0 Å². The minimum atomic E-state index is 0.226. The van der Waals surface area contributed by atoms with Crippen molar-refractivity contribution in [3.63, 3.8) is 0 Å². The second-order valence-electron chi connectivity index (χ2n) is 10.6. The Labute approximate surface area is 174 Å². The minimum Gasteiger partial charge on any atom is -0.349 e. The van der Waals surface area contributed by atoms with Crippen LogP contribution in [-0.4, -0.2) is 30.4 Å². The lowest BCUT2D eigenvalue weighted by molar-refractivity contribution is -0.123. The SMILES string of the molecule is O=C(N[C@H]1CCC2(CCN(CC3CC4C=CC3C4)CC2)c2ccccc21)C1CC1. The molecule has 1 amide bonds. The molecule has 2 saturated carbocycles. The second-order valence-corrected chi connectivity index (χ2v) is 10.6. The predicted molar refractivity (Wildman–Crippen MR) is 115 cm³/mol. The normalized spacial score (nSPS) is 35.0. The van der Waals surface area contributed by atoms with E-state index in [1.54, 1.807) is 0 Å². The Balaban J connectivity index is 1.15. The molecule has 4 aliphatic carbocycles. The molecule has 1 aromatic rings. The highest BCUT2D eigenvalue weighted by molar-refractivity contribution is 5.81. The number of hydrogen-bond acceptors (Lipinski definition) is 2. The van der Waals surface area contributed by atoms with Crippen molar-refractivity contribution in [2.45, 2.75) is 62.8 Å². The van der Waals surface area contributed by atoms with E-state index in [4.69, 9.17) is 0 Å². The Morgan fingerprint density at radius 1 is 1.03 bits per heavy atom. The maximum absolute atomic E-state index is 12.4. The van der Waals surface area contributed by atoms with E-state index in [1.807, 2.05) is 0 Å². The van der Waals surface area contributed by atoms with Crippen LogP contribution in [0.15, 0.2) is 36.4 Å². The quantitative estimate of drug-likeness (QED) is 0.763. The number of likely N-dealkylation sites (tertiary alicyclic amines) is 1. The lowest BCUT2D eigenvalue weighted by Crippen LogP contribution is -2.47. The van der Waals surface area contributed by atoms with E-state index in [-0.39, 0.29) is 11.9 Å². The number of nitrogens with zero attached hydrogens (tertiary/aromatic N) is 1. The van der Waals surface area contributed by atoms with Gasteiger partial charge in [-0.05, 0) is 98.8 Å². The zero-order valence-electron chi connectivity index (χ0n) is 17.5. The molecule has 5 aliphatic rings. The van der Waals surface area contributed by atoms with Crippen molar-refractivity contribution in [2.24, 2.45) is 23.7 Å². The van der Waals surface area contributed by atoms with Crippen LogP contribution in [-0.2, 0) is 10.2 Å². The van der Waals surface area contributed by atoms with Gasteiger partial charge in [0.25, 0.3) is 0 Å². The topological polar surface area (TPSA) is 32.3 Å². The maximum Gasteiger partial charge on any atom is 0.223 e. The molecule has 1 aliphatic heterocycles. The maximum atomic E-state index is 12.4. The van der Waals surface area contributed by atoms with Crippen molar-refractivity contribution in [1.82, 2.24) is 10.2 Å². The number of nitrogens with one attached hydrogen (secondary N) is 1. The monoisotopic (exact) mass is 390 g/mol. The van der Waals surface area contributed by atoms with Gasteiger partial charge in [-0.2, -0.15) is 0 Å². The molecule has 6 rings (SSSR count). The van der Waals surface area contributed by atoms with Crippen LogP contribution >= 0.6 is 0 Å². The minimum absolute atomic E-state index is 0.226. The van der Waals surface area contributed by atoms with Crippen LogP contribution in [0.2, 0.25) is 0 Å². The summed E-state index contributed by atoms with van der Waals surface area (Å²) in [5.74, 6) is 3.23. The van der Waals surface area contributed by atoms with Crippen molar-refractivity contribution in [3.8, 4) is 0 Å². The first-order chi connectivity index (χ1) is 14.2. The predicted octanol–water partition coefficient (Wildman–Crippen LogP) is 4.59. The zero-order chi connectivity index (χ0) is 19.4. The van der Waals surface area contributed by atoms with Crippen molar-refractivity contribution < 1.29 is 4.79 Å². The summed E-state index contributed by atoms with van der Waals surface area (Å²) in [6.45, 7) is 3.79. The van der Waals surface area contributed by atoms with Gasteiger partial charge in [-0.15, -0.1) is 0 Å². The third-order valence-electron chi connectivity index (χ3n) is 8.81. The number of allylic oxidation sites excluding steroid dienone is 2. The molecule has 3 heteroatoms. The van der Waals surface area contributed by atoms with Crippen LogP contribution in [0.5, 0.6) is 0 Å². The highest BCUT2D eigenvalue weighted by Gasteiger charge is 2.44. The Morgan fingerprint density at radius 3 is 2.59 bits per heavy atom. The molecule has 29 heavy (non-hydrogen) atoms. The molecule has 1 heterocycles. The van der Waals surface area contributed by atoms with Crippen molar-refractivity contribution in [2.75, 3.05) is 19.6 Å². The van der Waals surface area contributed by atoms with Gasteiger partial charge in [-0.1, -0.05) is 36.4 Å². The molecule has 2 bridgehead atoms. The second kappa shape index (κ2) is 6.97. The summed E-state index contributed by atoms with van der Waals surface area (Å²) >= 11 is 0. The number of amides is 1. The van der Waals surface area contributed by atoms with Crippen molar-refractivity contribution >= 4 is 5.91 Å². The van der Waals surface area contributed by atoms with Crippen LogP contribution in [0.1, 0.15) is 68.5 Å². The fraction of sp³-hybridized carbons (Fsp3) is 0.654. The van der Waals surface area contributed by atoms with E-state index >= 15 is 0 Å². The molecule has 0 aromatic heterocycles. The Hall–Kier alpha value is -1.61. The molecule has 3 unspecified atom stereocenters. The molecule has 3 nitrogen and oxygen atoms in total. The van der Waals surface area contributed by atoms with Gasteiger partial charge in [0.1, 0.15) is 0 Å². The van der Waals surface area contributed by atoms with Crippen molar-refractivity contribution in [1.29, 1.82) is 0 Å². The lowest BCUT2D eigenvalue weighted by Gasteiger charge is -2.48. The molecule has 1 spiro atoms. The molecule has 1 saturated heterocycles. The third kappa shape index (κ3) is 3.26. The zero-order valence-corrected chi connectivity index (χ0v) is 17.5. The molecular weight excluding hydrogens is 356 g/mol. The first-order valence-corrected chi connectivity index (χ1v) is 12.0. The number of fused-ring (bicyclic) bond motifs is 4. The Bertz CT molecular complexity index is 818. The van der Waals surface area contributed by atoms with Gasteiger partial charge >= 0.3 is 0 Å².